The van der Waals surface area contributed by atoms with Crippen LogP contribution >= 0.6 is 12.4 Å². The van der Waals surface area contributed by atoms with Crippen molar-refractivity contribution in [1.29, 1.82) is 0 Å². The molecule has 0 unspecified atom stereocenters. The first kappa shape index (κ1) is 24.8. The second kappa shape index (κ2) is 9.96. The zero-order valence-corrected chi connectivity index (χ0v) is 19.8. The monoisotopic (exact) mass is 475 g/mol. The van der Waals surface area contributed by atoms with Gasteiger partial charge in [0.2, 0.25) is 0 Å². The van der Waals surface area contributed by atoms with Gasteiger partial charge in [-0.3, -0.25) is 9.48 Å². The lowest BCUT2D eigenvalue weighted by Crippen LogP contribution is -2.30. The molecule has 178 valence electrons. The van der Waals surface area contributed by atoms with Crippen LogP contribution in [0, 0.1) is 0 Å². The van der Waals surface area contributed by atoms with Crippen LogP contribution < -0.4 is 10.2 Å². The van der Waals surface area contributed by atoms with Crippen molar-refractivity contribution in [3.63, 3.8) is 0 Å². The summed E-state index contributed by atoms with van der Waals surface area (Å²) in [5.74, 6) is -0.587. The van der Waals surface area contributed by atoms with Gasteiger partial charge in [-0.05, 0) is 38.4 Å². The number of nitrogens with zero attached hydrogens (tertiary/aromatic N) is 4. The van der Waals surface area contributed by atoms with Gasteiger partial charge in [0.25, 0.3) is 0 Å². The number of anilines is 1. The second-order valence-electron chi connectivity index (χ2n) is 8.31. The van der Waals surface area contributed by atoms with Gasteiger partial charge in [0.05, 0.1) is 35.4 Å². The molecule has 3 aromatic rings. The second-order valence-corrected chi connectivity index (χ2v) is 8.31. The molecule has 0 amide bonds. The number of fused-ring (bicyclic) bond motifs is 2. The summed E-state index contributed by atoms with van der Waals surface area (Å²) >= 11 is 0. The fourth-order valence-corrected chi connectivity index (χ4v) is 4.19. The van der Waals surface area contributed by atoms with Gasteiger partial charge in [-0.25, -0.2) is 0 Å². The highest BCUT2D eigenvalue weighted by molar-refractivity contribution is 6.29. The van der Waals surface area contributed by atoms with E-state index in [1.165, 1.54) is 12.1 Å². The topological polar surface area (TPSA) is 114 Å². The number of aromatic hydroxyl groups is 2. The Balaban J connectivity index is 0.00000306. The standard InChI is InChI=1S/C23H29N5O4.ClH/c1-26(2)11-12-27(3)14-4-5-15-18-19(14)23(32)21-17(31)7-6-16(30)20(21)22(18)25-28(15)10-8-24-9-13-29;/h4-7,24,29-31H,8-13H2,1-3H3;1H. The van der Waals surface area contributed by atoms with Crippen molar-refractivity contribution in [1.82, 2.24) is 20.0 Å². The number of hydrogen-bond acceptors (Lipinski definition) is 8. The van der Waals surface area contributed by atoms with E-state index in [1.54, 1.807) is 4.68 Å². The van der Waals surface area contributed by atoms with E-state index in [0.29, 0.717) is 42.8 Å². The molecule has 1 aliphatic rings. The van der Waals surface area contributed by atoms with Gasteiger partial charge in [0.15, 0.2) is 5.78 Å². The summed E-state index contributed by atoms with van der Waals surface area (Å²) < 4.78 is 1.80. The van der Waals surface area contributed by atoms with Crippen LogP contribution in [0.4, 0.5) is 5.69 Å². The highest BCUT2D eigenvalue weighted by Crippen LogP contribution is 2.48. The zero-order chi connectivity index (χ0) is 23.0. The molecule has 0 spiro atoms. The van der Waals surface area contributed by atoms with Gasteiger partial charge in [-0.15, -0.1) is 12.4 Å². The third-order valence-electron chi connectivity index (χ3n) is 5.83. The highest BCUT2D eigenvalue weighted by atomic mass is 35.5. The Kier molecular flexibility index (Phi) is 7.48. The highest BCUT2D eigenvalue weighted by Gasteiger charge is 2.35. The van der Waals surface area contributed by atoms with Crippen molar-refractivity contribution in [2.75, 3.05) is 58.8 Å². The van der Waals surface area contributed by atoms with E-state index < -0.39 is 0 Å². The number of aliphatic hydroxyl groups excluding tert-OH is 1. The number of likely N-dealkylation sites (N-methyl/N-ethyl adjacent to an activating group) is 2. The first-order valence-electron chi connectivity index (χ1n) is 10.7. The first-order valence-corrected chi connectivity index (χ1v) is 10.7. The predicted octanol–water partition coefficient (Wildman–Crippen LogP) is 1.66. The van der Waals surface area contributed by atoms with E-state index in [4.69, 9.17) is 10.2 Å². The lowest BCUT2D eigenvalue weighted by molar-refractivity contribution is 0.103. The molecular weight excluding hydrogens is 446 g/mol. The molecule has 9 nitrogen and oxygen atoms in total. The van der Waals surface area contributed by atoms with Crippen LogP contribution in [0.3, 0.4) is 0 Å². The SMILES string of the molecule is CN(C)CCN(C)c1ccc2c3c(nn2CCNCCO)-c2c(O)ccc(O)c2C(=O)c13.Cl. The minimum atomic E-state index is -0.323. The predicted molar refractivity (Wildman–Crippen MR) is 131 cm³/mol. The van der Waals surface area contributed by atoms with Gasteiger partial charge in [-0.1, -0.05) is 0 Å². The molecule has 0 radical (unpaired) electrons. The van der Waals surface area contributed by atoms with Crippen molar-refractivity contribution in [3.05, 3.63) is 35.4 Å². The number of carbonyl (C=O) groups is 1. The average Bonchev–Trinajstić information content (AvgIpc) is 3.13. The van der Waals surface area contributed by atoms with E-state index >= 15 is 0 Å². The quantitative estimate of drug-likeness (QED) is 0.213. The van der Waals surface area contributed by atoms with Gasteiger partial charge in [0.1, 0.15) is 17.2 Å². The summed E-state index contributed by atoms with van der Waals surface area (Å²) in [6.07, 6.45) is 0. The fraction of sp³-hybridized carbons (Fsp3) is 0.391. The van der Waals surface area contributed by atoms with Crippen LogP contribution in [-0.2, 0) is 6.54 Å². The number of hydrogen-bond donors (Lipinski definition) is 4. The van der Waals surface area contributed by atoms with E-state index in [2.05, 4.69) is 10.2 Å². The van der Waals surface area contributed by atoms with E-state index in [9.17, 15) is 15.0 Å². The van der Waals surface area contributed by atoms with Gasteiger partial charge in [0, 0.05) is 44.3 Å². The number of phenolic OH excluding ortho intramolecular Hbond substituents is 2. The number of ketones is 1. The zero-order valence-electron chi connectivity index (χ0n) is 19.0. The molecule has 0 saturated carbocycles. The fourth-order valence-electron chi connectivity index (χ4n) is 4.19. The Morgan fingerprint density at radius 3 is 2.33 bits per heavy atom. The number of nitrogens with one attached hydrogen (secondary N) is 1. The summed E-state index contributed by atoms with van der Waals surface area (Å²) in [5.41, 5.74) is 2.87. The molecule has 4 rings (SSSR count). The number of halogens is 1. The number of rotatable bonds is 9. The summed E-state index contributed by atoms with van der Waals surface area (Å²) in [6.45, 7) is 3.17. The summed E-state index contributed by atoms with van der Waals surface area (Å²) in [6, 6.07) is 6.58. The number of phenols is 2. The molecule has 33 heavy (non-hydrogen) atoms. The third-order valence-corrected chi connectivity index (χ3v) is 5.83. The summed E-state index contributed by atoms with van der Waals surface area (Å²) in [4.78, 5) is 17.8. The summed E-state index contributed by atoms with van der Waals surface area (Å²) in [7, 11) is 5.93. The first-order chi connectivity index (χ1) is 15.3. The molecule has 1 aromatic heterocycles. The van der Waals surface area contributed by atoms with E-state index in [-0.39, 0.29) is 47.4 Å². The average molecular weight is 476 g/mol. The maximum atomic E-state index is 13.7. The minimum Gasteiger partial charge on any atom is -0.507 e. The molecule has 0 aliphatic heterocycles. The van der Waals surface area contributed by atoms with Crippen LogP contribution in [0.5, 0.6) is 11.5 Å². The summed E-state index contributed by atoms with van der Waals surface area (Å²) in [5, 5.41) is 38.7. The Bertz CT molecular complexity index is 1180. The normalized spacial score (nSPS) is 12.2. The smallest absolute Gasteiger partial charge is 0.200 e. The maximum Gasteiger partial charge on any atom is 0.200 e. The Labute approximate surface area is 198 Å². The van der Waals surface area contributed by atoms with Crippen LogP contribution in [0.25, 0.3) is 22.2 Å². The molecule has 2 aromatic carbocycles. The van der Waals surface area contributed by atoms with Gasteiger partial charge in [-0.2, -0.15) is 5.10 Å². The largest absolute Gasteiger partial charge is 0.507 e. The van der Waals surface area contributed by atoms with Crippen LogP contribution in [-0.4, -0.2) is 89.7 Å². The number of carbonyl (C=O) groups excluding carboxylic acids is 1. The van der Waals surface area contributed by atoms with E-state index in [0.717, 1.165) is 17.7 Å². The van der Waals surface area contributed by atoms with Crippen molar-refractivity contribution < 1.29 is 20.1 Å². The molecule has 10 heteroatoms. The molecule has 0 fully saturated rings. The van der Waals surface area contributed by atoms with Crippen molar-refractivity contribution in [3.8, 4) is 22.8 Å². The van der Waals surface area contributed by atoms with Gasteiger partial charge >= 0.3 is 0 Å². The minimum absolute atomic E-state index is 0. The third kappa shape index (κ3) is 4.37. The number of aromatic nitrogens is 2. The van der Waals surface area contributed by atoms with Crippen molar-refractivity contribution >= 4 is 34.8 Å². The Morgan fingerprint density at radius 2 is 1.67 bits per heavy atom. The van der Waals surface area contributed by atoms with Crippen LogP contribution in [0.1, 0.15) is 15.9 Å². The molecule has 1 heterocycles. The van der Waals surface area contributed by atoms with Gasteiger partial charge < -0.3 is 30.4 Å². The Morgan fingerprint density at radius 1 is 0.970 bits per heavy atom. The molecule has 0 atom stereocenters. The number of aliphatic hydroxyl groups is 1. The van der Waals surface area contributed by atoms with Crippen molar-refractivity contribution in [2.45, 2.75) is 6.54 Å². The number of benzene rings is 2. The molecule has 1 aliphatic carbocycles. The van der Waals surface area contributed by atoms with Crippen molar-refractivity contribution in [2.24, 2.45) is 0 Å². The lowest BCUT2D eigenvalue weighted by atomic mass is 9.85. The lowest BCUT2D eigenvalue weighted by Gasteiger charge is -2.26. The molecule has 4 N–H and O–H groups in total. The molecular formula is C23H30ClN5O4. The Hall–Kier alpha value is -2.85. The van der Waals surface area contributed by atoms with Crippen LogP contribution in [0.2, 0.25) is 0 Å². The molecule has 0 bridgehead atoms. The maximum absolute atomic E-state index is 13.7. The van der Waals surface area contributed by atoms with Crippen LogP contribution in [0.15, 0.2) is 24.3 Å². The molecule has 0 saturated heterocycles. The van der Waals surface area contributed by atoms with E-state index in [1.807, 2.05) is 38.2 Å².